The Morgan fingerprint density at radius 1 is 1.35 bits per heavy atom. The number of amides is 1. The zero-order valence-electron chi connectivity index (χ0n) is 16.6. The zero-order chi connectivity index (χ0) is 19.9. The van der Waals surface area contributed by atoms with Crippen LogP contribution in [0.3, 0.4) is 0 Å². The molecule has 0 aromatic carbocycles. The summed E-state index contributed by atoms with van der Waals surface area (Å²) in [6.45, 7) is 12.1. The third-order valence-electron chi connectivity index (χ3n) is 3.84. The molecule has 142 valence electrons. The number of nitriles is 1. The van der Waals surface area contributed by atoms with E-state index in [-0.39, 0.29) is 5.57 Å². The topological polar surface area (TPSA) is 84.1 Å². The number of esters is 1. The quantitative estimate of drug-likeness (QED) is 0.460. The fourth-order valence-electron chi connectivity index (χ4n) is 2.59. The first-order chi connectivity index (χ1) is 12.1. The number of hydrogen-bond donors (Lipinski definition) is 1. The van der Waals surface area contributed by atoms with Crippen LogP contribution in [0.5, 0.6) is 0 Å². The van der Waals surface area contributed by atoms with Gasteiger partial charge in [-0.2, -0.15) is 5.26 Å². The normalized spacial score (nSPS) is 11.8. The molecule has 0 saturated heterocycles. The highest BCUT2D eigenvalue weighted by atomic mass is 16.5. The summed E-state index contributed by atoms with van der Waals surface area (Å²) in [6, 6.07) is 3.81. The fourth-order valence-corrected chi connectivity index (χ4v) is 2.59. The molecule has 0 aliphatic rings. The van der Waals surface area contributed by atoms with E-state index in [0.717, 1.165) is 36.3 Å². The Morgan fingerprint density at radius 2 is 2.00 bits per heavy atom. The standard InChI is InChI=1S/C20H29N3O3/c1-7-8-9-23-14(2)10-16(15(23)3)11-17(12-21)19(25)26-13-18(24)22-20(4,5)6/h10-11H,7-9,13H2,1-6H3,(H,22,24)/b17-11+. The molecule has 6 nitrogen and oxygen atoms in total. The van der Waals surface area contributed by atoms with Crippen molar-refractivity contribution in [1.82, 2.24) is 9.88 Å². The smallest absolute Gasteiger partial charge is 0.349 e. The van der Waals surface area contributed by atoms with E-state index in [0.29, 0.717) is 0 Å². The Kier molecular flexibility index (Phi) is 7.63. The van der Waals surface area contributed by atoms with Gasteiger partial charge in [-0.3, -0.25) is 4.79 Å². The molecular formula is C20H29N3O3. The number of hydrogen-bond acceptors (Lipinski definition) is 4. The van der Waals surface area contributed by atoms with Crippen molar-refractivity contribution in [2.45, 2.75) is 66.5 Å². The number of nitrogens with zero attached hydrogens (tertiary/aromatic N) is 2. The van der Waals surface area contributed by atoms with Crippen molar-refractivity contribution >= 4 is 18.0 Å². The van der Waals surface area contributed by atoms with Crippen LogP contribution in [-0.2, 0) is 20.9 Å². The summed E-state index contributed by atoms with van der Waals surface area (Å²) in [5.74, 6) is -1.20. The molecule has 0 spiro atoms. The van der Waals surface area contributed by atoms with Crippen LogP contribution < -0.4 is 5.32 Å². The molecule has 0 saturated carbocycles. The summed E-state index contributed by atoms with van der Waals surface area (Å²) in [5.41, 5.74) is 2.36. The van der Waals surface area contributed by atoms with Gasteiger partial charge in [-0.1, -0.05) is 13.3 Å². The number of carbonyl (C=O) groups excluding carboxylic acids is 2. The van der Waals surface area contributed by atoms with Gasteiger partial charge in [0.25, 0.3) is 5.91 Å². The first-order valence-electron chi connectivity index (χ1n) is 8.85. The van der Waals surface area contributed by atoms with Crippen molar-refractivity contribution in [3.05, 3.63) is 28.6 Å². The molecule has 0 aliphatic carbocycles. The van der Waals surface area contributed by atoms with Gasteiger partial charge in [0.15, 0.2) is 6.61 Å². The van der Waals surface area contributed by atoms with Crippen LogP contribution in [0, 0.1) is 25.2 Å². The van der Waals surface area contributed by atoms with Gasteiger partial charge in [-0.25, -0.2) is 4.79 Å². The average Bonchev–Trinajstić information content (AvgIpc) is 2.80. The Balaban J connectivity index is 2.87. The fraction of sp³-hybridized carbons (Fsp3) is 0.550. The SMILES string of the molecule is CCCCn1c(C)cc(/C=C(\C#N)C(=O)OCC(=O)NC(C)(C)C)c1C. The van der Waals surface area contributed by atoms with Crippen molar-refractivity contribution < 1.29 is 14.3 Å². The number of ether oxygens (including phenoxy) is 1. The van der Waals surface area contributed by atoms with Crippen molar-refractivity contribution in [3.63, 3.8) is 0 Å². The van der Waals surface area contributed by atoms with Crippen molar-refractivity contribution in [3.8, 4) is 6.07 Å². The molecular weight excluding hydrogens is 330 g/mol. The first-order valence-corrected chi connectivity index (χ1v) is 8.85. The number of aryl methyl sites for hydroxylation is 1. The van der Waals surface area contributed by atoms with Gasteiger partial charge >= 0.3 is 5.97 Å². The van der Waals surface area contributed by atoms with E-state index in [1.807, 2.05) is 46.8 Å². The predicted molar refractivity (Wildman–Crippen MR) is 101 cm³/mol. The predicted octanol–water partition coefficient (Wildman–Crippen LogP) is 3.27. The van der Waals surface area contributed by atoms with E-state index in [9.17, 15) is 14.9 Å². The van der Waals surface area contributed by atoms with Gasteiger partial charge in [-0.15, -0.1) is 0 Å². The highest BCUT2D eigenvalue weighted by molar-refractivity contribution is 5.99. The van der Waals surface area contributed by atoms with Crippen molar-refractivity contribution in [1.29, 1.82) is 5.26 Å². The molecule has 1 aromatic heterocycles. The third-order valence-corrected chi connectivity index (χ3v) is 3.84. The average molecular weight is 359 g/mol. The molecule has 26 heavy (non-hydrogen) atoms. The molecule has 1 heterocycles. The summed E-state index contributed by atoms with van der Waals surface area (Å²) >= 11 is 0. The second-order valence-electron chi connectivity index (χ2n) is 7.38. The van der Waals surface area contributed by atoms with Gasteiger partial charge in [0.05, 0.1) is 0 Å². The van der Waals surface area contributed by atoms with Gasteiger partial charge in [-0.05, 0) is 58.7 Å². The van der Waals surface area contributed by atoms with Crippen LogP contribution in [0.4, 0.5) is 0 Å². The van der Waals surface area contributed by atoms with E-state index in [1.54, 1.807) is 0 Å². The monoisotopic (exact) mass is 359 g/mol. The summed E-state index contributed by atoms with van der Waals surface area (Å²) < 4.78 is 7.14. The van der Waals surface area contributed by atoms with Gasteiger partial charge in [0, 0.05) is 23.5 Å². The Hall–Kier alpha value is -2.55. The van der Waals surface area contributed by atoms with Crippen LogP contribution in [0.15, 0.2) is 11.6 Å². The van der Waals surface area contributed by atoms with Crippen LogP contribution in [0.2, 0.25) is 0 Å². The maximum absolute atomic E-state index is 12.1. The second kappa shape index (κ2) is 9.23. The van der Waals surface area contributed by atoms with Crippen LogP contribution in [-0.4, -0.2) is 28.6 Å². The highest BCUT2D eigenvalue weighted by Gasteiger charge is 2.18. The molecule has 1 N–H and O–H groups in total. The Labute approximate surface area is 155 Å². The lowest BCUT2D eigenvalue weighted by Crippen LogP contribution is -2.42. The summed E-state index contributed by atoms with van der Waals surface area (Å²) in [7, 11) is 0. The van der Waals surface area contributed by atoms with Crippen molar-refractivity contribution in [2.24, 2.45) is 0 Å². The first kappa shape index (κ1) is 21.5. The molecule has 0 radical (unpaired) electrons. The zero-order valence-corrected chi connectivity index (χ0v) is 16.6. The maximum Gasteiger partial charge on any atom is 0.349 e. The number of unbranched alkanes of at least 4 members (excludes halogenated alkanes) is 1. The van der Waals surface area contributed by atoms with E-state index in [1.165, 1.54) is 6.08 Å². The molecule has 0 unspecified atom stereocenters. The highest BCUT2D eigenvalue weighted by Crippen LogP contribution is 2.19. The van der Waals surface area contributed by atoms with E-state index >= 15 is 0 Å². The van der Waals surface area contributed by atoms with Crippen LogP contribution >= 0.6 is 0 Å². The number of aromatic nitrogens is 1. The lowest BCUT2D eigenvalue weighted by atomic mass is 10.1. The van der Waals surface area contributed by atoms with E-state index in [4.69, 9.17) is 4.74 Å². The van der Waals surface area contributed by atoms with Gasteiger partial charge in [0.1, 0.15) is 11.6 Å². The lowest BCUT2D eigenvalue weighted by molar-refractivity contribution is -0.144. The lowest BCUT2D eigenvalue weighted by Gasteiger charge is -2.20. The van der Waals surface area contributed by atoms with E-state index < -0.39 is 24.0 Å². The summed E-state index contributed by atoms with van der Waals surface area (Å²) in [5, 5.41) is 12.0. The molecule has 0 aliphatic heterocycles. The maximum atomic E-state index is 12.1. The number of rotatable bonds is 7. The molecule has 0 fully saturated rings. The number of carbonyl (C=O) groups is 2. The van der Waals surface area contributed by atoms with E-state index in [2.05, 4.69) is 16.8 Å². The van der Waals surface area contributed by atoms with Gasteiger partial charge in [0.2, 0.25) is 0 Å². The minimum atomic E-state index is -0.796. The largest absolute Gasteiger partial charge is 0.451 e. The van der Waals surface area contributed by atoms with Gasteiger partial charge < -0.3 is 14.6 Å². The van der Waals surface area contributed by atoms with Crippen molar-refractivity contribution in [2.75, 3.05) is 6.61 Å². The molecule has 0 bridgehead atoms. The minimum absolute atomic E-state index is 0.121. The summed E-state index contributed by atoms with van der Waals surface area (Å²) in [4.78, 5) is 23.9. The molecule has 1 amide bonds. The Bertz CT molecular complexity index is 731. The third kappa shape index (κ3) is 6.40. The van der Waals surface area contributed by atoms with Crippen LogP contribution in [0.1, 0.15) is 57.5 Å². The molecule has 6 heteroatoms. The number of nitrogens with one attached hydrogen (secondary N) is 1. The minimum Gasteiger partial charge on any atom is -0.451 e. The Morgan fingerprint density at radius 3 is 2.54 bits per heavy atom. The summed E-state index contributed by atoms with van der Waals surface area (Å²) in [6.07, 6.45) is 3.68. The second-order valence-corrected chi connectivity index (χ2v) is 7.38. The van der Waals surface area contributed by atoms with Crippen LogP contribution in [0.25, 0.3) is 6.08 Å². The molecule has 0 atom stereocenters. The molecule has 1 aromatic rings. The molecule has 1 rings (SSSR count).